The van der Waals surface area contributed by atoms with Crippen LogP contribution in [0.25, 0.3) is 10.8 Å². The minimum Gasteiger partial charge on any atom is -0.296 e. The van der Waals surface area contributed by atoms with Gasteiger partial charge in [-0.1, -0.05) is 49.4 Å². The minimum atomic E-state index is -0.118. The molecule has 5 heteroatoms. The number of nitrogens with one attached hydrogen (secondary N) is 1. The van der Waals surface area contributed by atoms with E-state index in [2.05, 4.69) is 41.5 Å². The lowest BCUT2D eigenvalue weighted by molar-refractivity contribution is 0.102. The largest absolute Gasteiger partial charge is 0.296 e. The highest BCUT2D eigenvalue weighted by molar-refractivity contribution is 7.15. The normalized spacial score (nSPS) is 13.0. The van der Waals surface area contributed by atoms with Gasteiger partial charge in [-0.05, 0) is 40.8 Å². The van der Waals surface area contributed by atoms with Crippen LogP contribution < -0.4 is 5.32 Å². The van der Waals surface area contributed by atoms with Crippen molar-refractivity contribution in [3.05, 3.63) is 52.0 Å². The third kappa shape index (κ3) is 2.41. The molecule has 3 aromatic rings. The summed E-state index contributed by atoms with van der Waals surface area (Å²) in [6.07, 6.45) is 2.12. The van der Waals surface area contributed by atoms with Crippen LogP contribution in [-0.2, 0) is 12.8 Å². The van der Waals surface area contributed by atoms with Gasteiger partial charge in [0.25, 0.3) is 5.91 Å². The van der Waals surface area contributed by atoms with E-state index in [0.717, 1.165) is 23.2 Å². The zero-order valence-corrected chi connectivity index (χ0v) is 13.9. The zero-order valence-electron chi connectivity index (χ0n) is 13.1. The molecular weight excluding hydrogens is 306 g/mol. The van der Waals surface area contributed by atoms with Crippen LogP contribution in [0.4, 0.5) is 5.13 Å². The lowest BCUT2D eigenvalue weighted by Gasteiger charge is -2.08. The minimum absolute atomic E-state index is 0.118. The smallest absolute Gasteiger partial charge is 0.258 e. The number of carbonyl (C=O) groups excluding carboxylic acids is 1. The first-order chi connectivity index (χ1) is 11.1. The van der Waals surface area contributed by atoms with Gasteiger partial charge in [0.05, 0.1) is 0 Å². The molecule has 1 heterocycles. The van der Waals surface area contributed by atoms with Crippen LogP contribution in [0.15, 0.2) is 30.3 Å². The van der Waals surface area contributed by atoms with E-state index in [1.807, 2.05) is 18.2 Å². The van der Waals surface area contributed by atoms with E-state index in [-0.39, 0.29) is 5.91 Å². The van der Waals surface area contributed by atoms with Crippen LogP contribution in [0.2, 0.25) is 0 Å². The number of aromatic nitrogens is 2. The predicted octanol–water partition coefficient (Wildman–Crippen LogP) is 4.17. The number of hydrogen-bond acceptors (Lipinski definition) is 4. The molecule has 0 saturated heterocycles. The van der Waals surface area contributed by atoms with Gasteiger partial charge in [-0.3, -0.25) is 10.1 Å². The SMILES string of the molecule is CC(C)c1nnc(NC(=O)c2ccc3c4c(cccc24)CC3)s1. The Morgan fingerprint density at radius 3 is 2.65 bits per heavy atom. The summed E-state index contributed by atoms with van der Waals surface area (Å²) in [6, 6.07) is 10.2. The Balaban J connectivity index is 1.70. The molecule has 2 aromatic carbocycles. The molecule has 1 aliphatic rings. The number of rotatable bonds is 3. The highest BCUT2D eigenvalue weighted by Crippen LogP contribution is 2.33. The average Bonchev–Trinajstić information content (AvgIpc) is 3.16. The molecule has 1 N–H and O–H groups in total. The summed E-state index contributed by atoms with van der Waals surface area (Å²) < 4.78 is 0. The van der Waals surface area contributed by atoms with E-state index in [0.29, 0.717) is 16.6 Å². The van der Waals surface area contributed by atoms with Gasteiger partial charge in [0.15, 0.2) is 0 Å². The Morgan fingerprint density at radius 1 is 1.13 bits per heavy atom. The van der Waals surface area contributed by atoms with Crippen LogP contribution in [0.1, 0.15) is 46.3 Å². The van der Waals surface area contributed by atoms with E-state index >= 15 is 0 Å². The van der Waals surface area contributed by atoms with Gasteiger partial charge >= 0.3 is 0 Å². The Hall–Kier alpha value is -2.27. The van der Waals surface area contributed by atoms with E-state index in [1.165, 1.54) is 27.8 Å². The third-order valence-corrected chi connectivity index (χ3v) is 5.42. The molecule has 0 radical (unpaired) electrons. The molecule has 0 bridgehead atoms. The molecule has 23 heavy (non-hydrogen) atoms. The van der Waals surface area contributed by atoms with Crippen LogP contribution in [0, 0.1) is 0 Å². The molecule has 1 aliphatic carbocycles. The monoisotopic (exact) mass is 323 g/mol. The molecule has 0 fully saturated rings. The Kier molecular flexibility index (Phi) is 3.38. The van der Waals surface area contributed by atoms with Gasteiger partial charge in [0.1, 0.15) is 5.01 Å². The summed E-state index contributed by atoms with van der Waals surface area (Å²) in [5.74, 6) is 0.196. The quantitative estimate of drug-likeness (QED) is 0.787. The van der Waals surface area contributed by atoms with Crippen molar-refractivity contribution >= 4 is 33.1 Å². The van der Waals surface area contributed by atoms with Gasteiger partial charge in [0, 0.05) is 11.5 Å². The number of carbonyl (C=O) groups is 1. The van der Waals surface area contributed by atoms with Crippen molar-refractivity contribution in [1.82, 2.24) is 10.2 Å². The lowest BCUT2D eigenvalue weighted by atomic mass is 9.99. The second-order valence-electron chi connectivity index (χ2n) is 6.17. The van der Waals surface area contributed by atoms with Gasteiger partial charge in [-0.2, -0.15) is 0 Å². The number of benzene rings is 2. The van der Waals surface area contributed by atoms with Crippen LogP contribution in [0.3, 0.4) is 0 Å². The number of nitrogens with zero attached hydrogens (tertiary/aromatic N) is 2. The predicted molar refractivity (Wildman–Crippen MR) is 93.3 cm³/mol. The van der Waals surface area contributed by atoms with Crippen molar-refractivity contribution in [1.29, 1.82) is 0 Å². The summed E-state index contributed by atoms with van der Waals surface area (Å²) in [6.45, 7) is 4.13. The van der Waals surface area contributed by atoms with Gasteiger partial charge < -0.3 is 0 Å². The van der Waals surface area contributed by atoms with Crippen molar-refractivity contribution in [2.75, 3.05) is 5.32 Å². The van der Waals surface area contributed by atoms with Crippen LogP contribution in [-0.4, -0.2) is 16.1 Å². The maximum absolute atomic E-state index is 12.7. The maximum atomic E-state index is 12.7. The van der Waals surface area contributed by atoms with Crippen molar-refractivity contribution in [2.45, 2.75) is 32.6 Å². The molecule has 0 spiro atoms. The second-order valence-corrected chi connectivity index (χ2v) is 7.18. The highest BCUT2D eigenvalue weighted by atomic mass is 32.1. The van der Waals surface area contributed by atoms with Gasteiger partial charge in [0.2, 0.25) is 5.13 Å². The second kappa shape index (κ2) is 5.42. The topological polar surface area (TPSA) is 54.9 Å². The molecule has 0 atom stereocenters. The molecule has 1 amide bonds. The Bertz CT molecular complexity index is 904. The van der Waals surface area contributed by atoms with Crippen molar-refractivity contribution in [3.8, 4) is 0 Å². The van der Waals surface area contributed by atoms with Gasteiger partial charge in [-0.25, -0.2) is 0 Å². The van der Waals surface area contributed by atoms with Gasteiger partial charge in [-0.15, -0.1) is 10.2 Å². The highest BCUT2D eigenvalue weighted by Gasteiger charge is 2.19. The molecule has 4 rings (SSSR count). The van der Waals surface area contributed by atoms with E-state index < -0.39 is 0 Å². The maximum Gasteiger partial charge on any atom is 0.258 e. The van der Waals surface area contributed by atoms with E-state index in [1.54, 1.807) is 0 Å². The molecule has 0 unspecified atom stereocenters. The first kappa shape index (κ1) is 14.3. The summed E-state index contributed by atoms with van der Waals surface area (Å²) >= 11 is 1.43. The van der Waals surface area contributed by atoms with Crippen LogP contribution in [0.5, 0.6) is 0 Å². The number of aryl methyl sites for hydroxylation is 2. The lowest BCUT2D eigenvalue weighted by Crippen LogP contribution is -2.12. The van der Waals surface area contributed by atoms with E-state index in [4.69, 9.17) is 0 Å². The third-order valence-electron chi connectivity index (χ3n) is 4.28. The standard InChI is InChI=1S/C18H17N3OS/c1-10(2)17-20-21-18(23-17)19-16(22)14-9-8-12-7-6-11-4-3-5-13(14)15(11)12/h3-5,8-10H,6-7H2,1-2H3,(H,19,21,22). The fourth-order valence-electron chi connectivity index (χ4n) is 3.13. The number of hydrogen-bond donors (Lipinski definition) is 1. The summed E-state index contributed by atoms with van der Waals surface area (Å²) in [5.41, 5.74) is 3.38. The molecule has 0 aliphatic heterocycles. The molecule has 4 nitrogen and oxygen atoms in total. The summed E-state index contributed by atoms with van der Waals surface area (Å²) in [7, 11) is 0. The van der Waals surface area contributed by atoms with E-state index in [9.17, 15) is 4.79 Å². The van der Waals surface area contributed by atoms with Crippen molar-refractivity contribution in [3.63, 3.8) is 0 Å². The number of anilines is 1. The fraction of sp³-hybridized carbons (Fsp3) is 0.278. The summed E-state index contributed by atoms with van der Waals surface area (Å²) in [4.78, 5) is 12.7. The molecule has 0 saturated carbocycles. The number of amides is 1. The Labute approximate surface area is 138 Å². The Morgan fingerprint density at radius 2 is 1.91 bits per heavy atom. The average molecular weight is 323 g/mol. The summed E-state index contributed by atoms with van der Waals surface area (Å²) in [5, 5.41) is 14.8. The molecule has 1 aromatic heterocycles. The van der Waals surface area contributed by atoms with Crippen molar-refractivity contribution in [2.24, 2.45) is 0 Å². The van der Waals surface area contributed by atoms with Crippen molar-refractivity contribution < 1.29 is 4.79 Å². The first-order valence-corrected chi connectivity index (χ1v) is 8.63. The molecule has 116 valence electrons. The fourth-order valence-corrected chi connectivity index (χ4v) is 3.87. The van der Waals surface area contributed by atoms with Crippen LogP contribution >= 0.6 is 11.3 Å². The first-order valence-electron chi connectivity index (χ1n) is 7.81. The zero-order chi connectivity index (χ0) is 16.0. The molecular formula is C18H17N3OS.